The summed E-state index contributed by atoms with van der Waals surface area (Å²) in [5.74, 6) is -2.76. The number of hydrogen-bond donors (Lipinski definition) is 3. The van der Waals surface area contributed by atoms with Gasteiger partial charge in [0.1, 0.15) is 5.92 Å². The van der Waals surface area contributed by atoms with Gasteiger partial charge in [-0.3, -0.25) is 9.59 Å². The third kappa shape index (κ3) is 5.95. The third-order valence-corrected chi connectivity index (χ3v) is 3.91. The first kappa shape index (κ1) is 18.5. The average Bonchev–Trinajstić information content (AvgIpc) is 2.62. The van der Waals surface area contributed by atoms with Crippen LogP contribution in [0.15, 0.2) is 54.6 Å². The monoisotopic (exact) mass is 340 g/mol. The highest BCUT2D eigenvalue weighted by atomic mass is 16.4. The third-order valence-electron chi connectivity index (χ3n) is 3.91. The SMILES string of the molecule is CCCCNc1ccc(NC(=O)C(Cc2ccccc2)C(=O)O)cc1. The summed E-state index contributed by atoms with van der Waals surface area (Å²) in [5.41, 5.74) is 2.39. The standard InChI is InChI=1S/C20H24N2O3/c1-2-3-13-21-16-9-11-17(12-10-16)22-19(23)18(20(24)25)14-15-7-5-4-6-8-15/h4-12,18,21H,2-3,13-14H2,1H3,(H,22,23)(H,24,25). The molecule has 132 valence electrons. The molecule has 0 radical (unpaired) electrons. The number of aliphatic carboxylic acids is 1. The van der Waals surface area contributed by atoms with Crippen LogP contribution >= 0.6 is 0 Å². The highest BCUT2D eigenvalue weighted by Gasteiger charge is 2.26. The number of rotatable bonds is 9. The van der Waals surface area contributed by atoms with E-state index in [2.05, 4.69) is 17.6 Å². The molecule has 0 aliphatic carbocycles. The molecule has 0 saturated heterocycles. The zero-order valence-electron chi connectivity index (χ0n) is 14.4. The summed E-state index contributed by atoms with van der Waals surface area (Å²) in [6.45, 7) is 3.04. The zero-order chi connectivity index (χ0) is 18.1. The summed E-state index contributed by atoms with van der Waals surface area (Å²) in [6.07, 6.45) is 2.38. The molecule has 1 amide bonds. The minimum atomic E-state index is -1.13. The van der Waals surface area contributed by atoms with Crippen LogP contribution in [-0.4, -0.2) is 23.5 Å². The molecular weight excluding hydrogens is 316 g/mol. The molecule has 0 fully saturated rings. The van der Waals surface area contributed by atoms with Crippen molar-refractivity contribution in [2.45, 2.75) is 26.2 Å². The van der Waals surface area contributed by atoms with E-state index in [-0.39, 0.29) is 6.42 Å². The van der Waals surface area contributed by atoms with E-state index < -0.39 is 17.8 Å². The van der Waals surface area contributed by atoms with E-state index in [0.29, 0.717) is 5.69 Å². The highest BCUT2D eigenvalue weighted by Crippen LogP contribution is 2.16. The Bertz CT molecular complexity index is 684. The first-order chi connectivity index (χ1) is 12.1. The fourth-order valence-electron chi connectivity index (χ4n) is 2.45. The molecule has 0 aromatic heterocycles. The Balaban J connectivity index is 1.97. The highest BCUT2D eigenvalue weighted by molar-refractivity contribution is 6.04. The van der Waals surface area contributed by atoms with Crippen molar-refractivity contribution >= 4 is 23.3 Å². The molecule has 0 aliphatic rings. The van der Waals surface area contributed by atoms with Crippen molar-refractivity contribution in [1.82, 2.24) is 0 Å². The van der Waals surface area contributed by atoms with Gasteiger partial charge in [0, 0.05) is 17.9 Å². The number of carbonyl (C=O) groups is 2. The summed E-state index contributed by atoms with van der Waals surface area (Å²) in [7, 11) is 0. The summed E-state index contributed by atoms with van der Waals surface area (Å²) >= 11 is 0. The van der Waals surface area contributed by atoms with Gasteiger partial charge in [0.25, 0.3) is 0 Å². The van der Waals surface area contributed by atoms with Crippen LogP contribution in [-0.2, 0) is 16.0 Å². The largest absolute Gasteiger partial charge is 0.481 e. The molecule has 2 aromatic rings. The molecule has 0 saturated carbocycles. The number of amides is 1. The number of nitrogens with one attached hydrogen (secondary N) is 2. The van der Waals surface area contributed by atoms with Gasteiger partial charge in [0.15, 0.2) is 0 Å². The lowest BCUT2D eigenvalue weighted by atomic mass is 9.98. The normalized spacial score (nSPS) is 11.6. The molecule has 1 unspecified atom stereocenters. The maximum absolute atomic E-state index is 12.3. The molecule has 0 aliphatic heterocycles. The Hall–Kier alpha value is -2.82. The van der Waals surface area contributed by atoms with E-state index in [0.717, 1.165) is 30.6 Å². The van der Waals surface area contributed by atoms with Crippen molar-refractivity contribution in [3.05, 3.63) is 60.2 Å². The molecule has 5 heteroatoms. The van der Waals surface area contributed by atoms with Crippen molar-refractivity contribution in [3.8, 4) is 0 Å². The van der Waals surface area contributed by atoms with Gasteiger partial charge in [-0.25, -0.2) is 0 Å². The Morgan fingerprint density at radius 3 is 2.24 bits per heavy atom. The van der Waals surface area contributed by atoms with E-state index in [4.69, 9.17) is 0 Å². The Morgan fingerprint density at radius 2 is 1.64 bits per heavy atom. The molecular formula is C20H24N2O3. The second kappa shape index (κ2) is 9.47. The van der Waals surface area contributed by atoms with Gasteiger partial charge in [-0.15, -0.1) is 0 Å². The van der Waals surface area contributed by atoms with Crippen molar-refractivity contribution in [1.29, 1.82) is 0 Å². The first-order valence-corrected chi connectivity index (χ1v) is 8.51. The van der Waals surface area contributed by atoms with E-state index in [9.17, 15) is 14.7 Å². The molecule has 2 aromatic carbocycles. The van der Waals surface area contributed by atoms with E-state index in [1.807, 2.05) is 42.5 Å². The second-order valence-electron chi connectivity index (χ2n) is 5.93. The molecule has 5 nitrogen and oxygen atoms in total. The number of carboxylic acids is 1. The van der Waals surface area contributed by atoms with Gasteiger partial charge in [-0.2, -0.15) is 0 Å². The Labute approximate surface area is 148 Å². The van der Waals surface area contributed by atoms with Crippen LogP contribution in [0.1, 0.15) is 25.3 Å². The van der Waals surface area contributed by atoms with Crippen LogP contribution in [0.25, 0.3) is 0 Å². The van der Waals surface area contributed by atoms with Crippen LogP contribution in [0.3, 0.4) is 0 Å². The summed E-state index contributed by atoms with van der Waals surface area (Å²) < 4.78 is 0. The van der Waals surface area contributed by atoms with Gasteiger partial charge in [-0.1, -0.05) is 43.7 Å². The van der Waals surface area contributed by atoms with Crippen LogP contribution in [0, 0.1) is 5.92 Å². The number of benzene rings is 2. The van der Waals surface area contributed by atoms with Crippen LogP contribution in [0.4, 0.5) is 11.4 Å². The van der Waals surface area contributed by atoms with Gasteiger partial charge in [-0.05, 0) is 42.7 Å². The molecule has 2 rings (SSSR count). The quantitative estimate of drug-likeness (QED) is 0.479. The van der Waals surface area contributed by atoms with Crippen LogP contribution in [0.5, 0.6) is 0 Å². The lowest BCUT2D eigenvalue weighted by Gasteiger charge is -2.13. The Morgan fingerprint density at radius 1 is 1.00 bits per heavy atom. The summed E-state index contributed by atoms with van der Waals surface area (Å²) in [6, 6.07) is 16.4. The molecule has 25 heavy (non-hydrogen) atoms. The van der Waals surface area contributed by atoms with Gasteiger partial charge in [0.05, 0.1) is 0 Å². The van der Waals surface area contributed by atoms with Crippen molar-refractivity contribution in [2.24, 2.45) is 5.92 Å². The molecule has 1 atom stereocenters. The lowest BCUT2D eigenvalue weighted by Crippen LogP contribution is -2.31. The maximum Gasteiger partial charge on any atom is 0.316 e. The summed E-state index contributed by atoms with van der Waals surface area (Å²) in [4.78, 5) is 23.8. The number of unbranched alkanes of at least 4 members (excludes halogenated alkanes) is 1. The van der Waals surface area contributed by atoms with Crippen LogP contribution in [0.2, 0.25) is 0 Å². The zero-order valence-corrected chi connectivity index (χ0v) is 14.4. The van der Waals surface area contributed by atoms with Gasteiger partial charge >= 0.3 is 5.97 Å². The van der Waals surface area contributed by atoms with E-state index in [1.54, 1.807) is 12.1 Å². The fourth-order valence-corrected chi connectivity index (χ4v) is 2.45. The molecule has 3 N–H and O–H groups in total. The van der Waals surface area contributed by atoms with E-state index in [1.165, 1.54) is 0 Å². The Kier molecular flexibility index (Phi) is 7.01. The minimum absolute atomic E-state index is 0.165. The van der Waals surface area contributed by atoms with Gasteiger partial charge in [0.2, 0.25) is 5.91 Å². The molecule has 0 spiro atoms. The van der Waals surface area contributed by atoms with Gasteiger partial charge < -0.3 is 15.7 Å². The number of anilines is 2. The topological polar surface area (TPSA) is 78.4 Å². The van der Waals surface area contributed by atoms with Crippen molar-refractivity contribution < 1.29 is 14.7 Å². The number of carbonyl (C=O) groups excluding carboxylic acids is 1. The predicted molar refractivity (Wildman–Crippen MR) is 99.7 cm³/mol. The van der Waals surface area contributed by atoms with Crippen molar-refractivity contribution in [2.75, 3.05) is 17.2 Å². The first-order valence-electron chi connectivity index (χ1n) is 8.51. The number of hydrogen-bond acceptors (Lipinski definition) is 3. The summed E-state index contributed by atoms with van der Waals surface area (Å²) in [5, 5.41) is 15.4. The minimum Gasteiger partial charge on any atom is -0.481 e. The number of carboxylic acid groups (broad SMARTS) is 1. The smallest absolute Gasteiger partial charge is 0.316 e. The predicted octanol–water partition coefficient (Wildman–Crippen LogP) is 3.78. The average molecular weight is 340 g/mol. The second-order valence-corrected chi connectivity index (χ2v) is 5.93. The van der Waals surface area contributed by atoms with Crippen LogP contribution < -0.4 is 10.6 Å². The van der Waals surface area contributed by atoms with E-state index >= 15 is 0 Å². The van der Waals surface area contributed by atoms with Crippen molar-refractivity contribution in [3.63, 3.8) is 0 Å². The molecule has 0 bridgehead atoms. The fraction of sp³-hybridized carbons (Fsp3) is 0.300. The molecule has 0 heterocycles. The maximum atomic E-state index is 12.3. The lowest BCUT2D eigenvalue weighted by molar-refractivity contribution is -0.145.